The molecule has 3 rings (SSSR count). The molecule has 4 nitrogen and oxygen atoms in total. The van der Waals surface area contributed by atoms with Gasteiger partial charge < -0.3 is 4.42 Å². The Labute approximate surface area is 134 Å². The summed E-state index contributed by atoms with van der Waals surface area (Å²) in [6, 6.07) is 12.5. The third-order valence-corrected chi connectivity index (χ3v) is 4.73. The van der Waals surface area contributed by atoms with Gasteiger partial charge in [0.05, 0.1) is 10.9 Å². The minimum absolute atomic E-state index is 0.0702. The van der Waals surface area contributed by atoms with Gasteiger partial charge in [0.1, 0.15) is 0 Å². The molecule has 0 radical (unpaired) electrons. The van der Waals surface area contributed by atoms with Crippen molar-refractivity contribution in [2.75, 3.05) is 7.05 Å². The molecule has 114 valence electrons. The van der Waals surface area contributed by atoms with Gasteiger partial charge in [-0.2, -0.15) is 0 Å². The summed E-state index contributed by atoms with van der Waals surface area (Å²) in [4.78, 5) is 3.22. The van der Waals surface area contributed by atoms with E-state index in [4.69, 9.17) is 4.42 Å². The molecule has 0 saturated heterocycles. The molecule has 2 aromatic heterocycles. The SMILES string of the molecule is Cc1ccccc1CN(C)[C@H](C)c1nnc(-c2cccs2)o1. The second kappa shape index (κ2) is 6.42. The average Bonchev–Trinajstić information content (AvgIpc) is 3.19. The van der Waals surface area contributed by atoms with E-state index in [1.54, 1.807) is 11.3 Å². The van der Waals surface area contributed by atoms with Crippen LogP contribution in [-0.4, -0.2) is 22.1 Å². The van der Waals surface area contributed by atoms with E-state index in [-0.39, 0.29) is 6.04 Å². The Bertz CT molecular complexity index is 736. The first-order chi connectivity index (χ1) is 10.6. The van der Waals surface area contributed by atoms with Gasteiger partial charge >= 0.3 is 0 Å². The van der Waals surface area contributed by atoms with E-state index in [1.807, 2.05) is 17.5 Å². The third kappa shape index (κ3) is 3.10. The fourth-order valence-electron chi connectivity index (χ4n) is 2.28. The van der Waals surface area contributed by atoms with Crippen molar-refractivity contribution in [3.8, 4) is 10.8 Å². The average molecular weight is 313 g/mol. The molecule has 0 aliphatic carbocycles. The summed E-state index contributed by atoms with van der Waals surface area (Å²) in [6.07, 6.45) is 0. The van der Waals surface area contributed by atoms with Gasteiger partial charge in [-0.3, -0.25) is 4.90 Å². The lowest BCUT2D eigenvalue weighted by molar-refractivity contribution is 0.217. The molecule has 0 amide bonds. The number of thiophene rings is 1. The van der Waals surface area contributed by atoms with Gasteiger partial charge in [0.25, 0.3) is 5.89 Å². The van der Waals surface area contributed by atoms with Crippen molar-refractivity contribution in [3.05, 3.63) is 58.8 Å². The Morgan fingerprint density at radius 3 is 2.73 bits per heavy atom. The summed E-state index contributed by atoms with van der Waals surface area (Å²) < 4.78 is 5.83. The van der Waals surface area contributed by atoms with Crippen LogP contribution in [0.25, 0.3) is 10.8 Å². The summed E-state index contributed by atoms with van der Waals surface area (Å²) in [5.74, 6) is 1.25. The maximum atomic E-state index is 5.83. The van der Waals surface area contributed by atoms with Gasteiger partial charge in [-0.05, 0) is 43.5 Å². The maximum absolute atomic E-state index is 5.83. The van der Waals surface area contributed by atoms with Crippen LogP contribution in [0.5, 0.6) is 0 Å². The molecule has 1 atom stereocenters. The molecule has 0 aliphatic heterocycles. The van der Waals surface area contributed by atoms with E-state index in [0.29, 0.717) is 11.8 Å². The van der Waals surface area contributed by atoms with Crippen LogP contribution < -0.4 is 0 Å². The molecule has 0 bridgehead atoms. The summed E-state index contributed by atoms with van der Waals surface area (Å²) >= 11 is 1.60. The lowest BCUT2D eigenvalue weighted by Crippen LogP contribution is -2.22. The van der Waals surface area contributed by atoms with Crippen molar-refractivity contribution in [2.45, 2.75) is 26.4 Å². The van der Waals surface area contributed by atoms with Gasteiger partial charge in [0.2, 0.25) is 5.89 Å². The topological polar surface area (TPSA) is 42.2 Å². The van der Waals surface area contributed by atoms with E-state index < -0.39 is 0 Å². The molecule has 0 N–H and O–H groups in total. The first-order valence-corrected chi connectivity index (χ1v) is 8.15. The van der Waals surface area contributed by atoms with Crippen LogP contribution in [0.15, 0.2) is 46.2 Å². The van der Waals surface area contributed by atoms with Crippen molar-refractivity contribution >= 4 is 11.3 Å². The molecule has 0 saturated carbocycles. The molecule has 1 aromatic carbocycles. The molecule has 0 spiro atoms. The largest absolute Gasteiger partial charge is 0.418 e. The Morgan fingerprint density at radius 1 is 1.18 bits per heavy atom. The number of aryl methyl sites for hydroxylation is 1. The highest BCUT2D eigenvalue weighted by Crippen LogP contribution is 2.27. The lowest BCUT2D eigenvalue weighted by atomic mass is 10.1. The Balaban J connectivity index is 1.73. The predicted molar refractivity (Wildman–Crippen MR) is 88.7 cm³/mol. The number of aromatic nitrogens is 2. The quantitative estimate of drug-likeness (QED) is 0.704. The minimum atomic E-state index is 0.0702. The van der Waals surface area contributed by atoms with Gasteiger partial charge in [-0.1, -0.05) is 30.3 Å². The molecule has 0 unspecified atom stereocenters. The second-order valence-electron chi connectivity index (χ2n) is 5.44. The normalized spacial score (nSPS) is 12.7. The summed E-state index contributed by atoms with van der Waals surface area (Å²) in [6.45, 7) is 5.07. The third-order valence-electron chi connectivity index (χ3n) is 3.87. The van der Waals surface area contributed by atoms with Gasteiger partial charge in [-0.25, -0.2) is 0 Å². The van der Waals surface area contributed by atoms with Crippen LogP contribution >= 0.6 is 11.3 Å². The molecule has 22 heavy (non-hydrogen) atoms. The second-order valence-corrected chi connectivity index (χ2v) is 6.39. The molecule has 3 aromatic rings. The van der Waals surface area contributed by atoms with Crippen molar-refractivity contribution < 1.29 is 4.42 Å². The minimum Gasteiger partial charge on any atom is -0.418 e. The smallest absolute Gasteiger partial charge is 0.257 e. The monoisotopic (exact) mass is 313 g/mol. The van der Waals surface area contributed by atoms with Crippen LogP contribution in [0.2, 0.25) is 0 Å². The molecule has 0 fully saturated rings. The van der Waals surface area contributed by atoms with Crippen molar-refractivity contribution in [1.29, 1.82) is 0 Å². The Kier molecular flexibility index (Phi) is 4.36. The fraction of sp³-hybridized carbons (Fsp3) is 0.294. The Morgan fingerprint density at radius 2 is 2.00 bits per heavy atom. The van der Waals surface area contributed by atoms with E-state index in [2.05, 4.69) is 60.3 Å². The van der Waals surface area contributed by atoms with Crippen LogP contribution in [0.1, 0.15) is 30.0 Å². The van der Waals surface area contributed by atoms with Gasteiger partial charge in [0, 0.05) is 6.54 Å². The first kappa shape index (κ1) is 14.9. The summed E-state index contributed by atoms with van der Waals surface area (Å²) in [5, 5.41) is 10.4. The number of rotatable bonds is 5. The zero-order valence-electron chi connectivity index (χ0n) is 13.0. The lowest BCUT2D eigenvalue weighted by Gasteiger charge is -2.22. The highest BCUT2D eigenvalue weighted by Gasteiger charge is 2.19. The number of hydrogen-bond acceptors (Lipinski definition) is 5. The van der Waals surface area contributed by atoms with Crippen LogP contribution in [0.4, 0.5) is 0 Å². The zero-order chi connectivity index (χ0) is 15.5. The van der Waals surface area contributed by atoms with Crippen molar-refractivity contribution in [2.24, 2.45) is 0 Å². The van der Waals surface area contributed by atoms with E-state index in [1.165, 1.54) is 11.1 Å². The van der Waals surface area contributed by atoms with E-state index in [0.717, 1.165) is 11.4 Å². The Hall–Kier alpha value is -1.98. The highest BCUT2D eigenvalue weighted by atomic mass is 32.1. The molecule has 5 heteroatoms. The number of nitrogens with zero attached hydrogens (tertiary/aromatic N) is 3. The highest BCUT2D eigenvalue weighted by molar-refractivity contribution is 7.13. The zero-order valence-corrected chi connectivity index (χ0v) is 13.8. The molecular formula is C17H19N3OS. The predicted octanol–water partition coefficient (Wildman–Crippen LogP) is 4.30. The summed E-state index contributed by atoms with van der Waals surface area (Å²) in [5.41, 5.74) is 2.61. The first-order valence-electron chi connectivity index (χ1n) is 7.27. The van der Waals surface area contributed by atoms with E-state index in [9.17, 15) is 0 Å². The van der Waals surface area contributed by atoms with Gasteiger partial charge in [0.15, 0.2) is 0 Å². The molecule has 0 aliphatic rings. The van der Waals surface area contributed by atoms with Crippen molar-refractivity contribution in [3.63, 3.8) is 0 Å². The van der Waals surface area contributed by atoms with Gasteiger partial charge in [-0.15, -0.1) is 21.5 Å². The maximum Gasteiger partial charge on any atom is 0.257 e. The summed E-state index contributed by atoms with van der Waals surface area (Å²) in [7, 11) is 2.08. The number of hydrogen-bond donors (Lipinski definition) is 0. The number of benzene rings is 1. The van der Waals surface area contributed by atoms with Crippen LogP contribution in [0, 0.1) is 6.92 Å². The van der Waals surface area contributed by atoms with Crippen LogP contribution in [0.3, 0.4) is 0 Å². The van der Waals surface area contributed by atoms with E-state index >= 15 is 0 Å². The molecular weight excluding hydrogens is 294 g/mol. The standard InChI is InChI=1S/C17H19N3OS/c1-12-7-4-5-8-14(12)11-20(3)13(2)16-18-19-17(21-16)15-9-6-10-22-15/h4-10,13H,11H2,1-3H3/t13-/m1/s1. The fourth-order valence-corrected chi connectivity index (χ4v) is 2.93. The van der Waals surface area contributed by atoms with Crippen molar-refractivity contribution in [1.82, 2.24) is 15.1 Å². The van der Waals surface area contributed by atoms with Crippen LogP contribution in [-0.2, 0) is 6.54 Å². The molecule has 2 heterocycles.